The first-order valence-corrected chi connectivity index (χ1v) is 9.46. The number of aldehydes is 1. The van der Waals surface area contributed by atoms with Crippen molar-refractivity contribution in [2.45, 2.75) is 31.0 Å². The molecule has 0 unspecified atom stereocenters. The fraction of sp³-hybridized carbons (Fsp3) is 0.238. The van der Waals surface area contributed by atoms with Crippen molar-refractivity contribution in [2.75, 3.05) is 9.80 Å². The van der Waals surface area contributed by atoms with Gasteiger partial charge >= 0.3 is 6.18 Å². The molecule has 1 saturated heterocycles. The zero-order valence-electron chi connectivity index (χ0n) is 15.4. The van der Waals surface area contributed by atoms with Gasteiger partial charge in [0.2, 0.25) is 0 Å². The monoisotopic (exact) mass is 429 g/mol. The Balaban J connectivity index is 1.81. The highest BCUT2D eigenvalue weighted by atomic mass is 32.1. The molecule has 0 N–H and O–H groups in total. The van der Waals surface area contributed by atoms with E-state index in [1.54, 1.807) is 29.2 Å². The smallest absolute Gasteiger partial charge is 0.303 e. The summed E-state index contributed by atoms with van der Waals surface area (Å²) in [7, 11) is 0. The van der Waals surface area contributed by atoms with E-state index in [2.05, 4.69) is 4.85 Å². The van der Waals surface area contributed by atoms with E-state index in [1.165, 1.54) is 6.07 Å². The number of anilines is 2. The molecule has 1 heterocycles. The summed E-state index contributed by atoms with van der Waals surface area (Å²) in [5, 5.41) is 0.0715. The maximum absolute atomic E-state index is 13.4. The van der Waals surface area contributed by atoms with Crippen molar-refractivity contribution in [2.24, 2.45) is 0 Å². The lowest BCUT2D eigenvalue weighted by Gasteiger charge is -2.43. The van der Waals surface area contributed by atoms with Gasteiger partial charge in [-0.15, -0.1) is 0 Å². The number of carbonyl (C=O) groups excluding carboxylic acids is 2. The molecule has 1 aliphatic heterocycles. The van der Waals surface area contributed by atoms with Gasteiger partial charge in [0.1, 0.15) is 11.8 Å². The Morgan fingerprint density at radius 3 is 2.23 bits per heavy atom. The van der Waals surface area contributed by atoms with Gasteiger partial charge in [-0.2, -0.15) is 13.2 Å². The van der Waals surface area contributed by atoms with Gasteiger partial charge in [0, 0.05) is 16.9 Å². The number of thiocarbonyl (C=S) groups is 1. The van der Waals surface area contributed by atoms with Crippen LogP contribution in [0.5, 0.6) is 0 Å². The van der Waals surface area contributed by atoms with Crippen molar-refractivity contribution in [1.82, 2.24) is 0 Å². The third-order valence-electron chi connectivity index (χ3n) is 5.54. The first kappa shape index (κ1) is 20.0. The molecule has 4 rings (SSSR count). The summed E-state index contributed by atoms with van der Waals surface area (Å²) in [5.41, 5.74) is -1.57. The molecule has 0 atom stereocenters. The molecule has 1 aliphatic carbocycles. The number of rotatable bonds is 3. The van der Waals surface area contributed by atoms with Crippen LogP contribution >= 0.6 is 12.2 Å². The van der Waals surface area contributed by atoms with Crippen molar-refractivity contribution in [3.63, 3.8) is 0 Å². The lowest BCUT2D eigenvalue weighted by molar-refractivity contribution is -0.136. The molecule has 1 saturated carbocycles. The maximum Gasteiger partial charge on any atom is 0.407 e. The van der Waals surface area contributed by atoms with E-state index in [9.17, 15) is 22.8 Å². The van der Waals surface area contributed by atoms with Crippen molar-refractivity contribution >= 4 is 46.6 Å². The Kier molecular flexibility index (Phi) is 4.62. The molecule has 0 bridgehead atoms. The number of benzene rings is 2. The average molecular weight is 429 g/mol. The summed E-state index contributed by atoms with van der Waals surface area (Å²) < 4.78 is 40.3. The van der Waals surface area contributed by atoms with Crippen LogP contribution < -0.4 is 9.80 Å². The number of carbonyl (C=O) groups is 2. The second-order valence-electron chi connectivity index (χ2n) is 7.16. The number of alkyl halides is 3. The van der Waals surface area contributed by atoms with Crippen LogP contribution in [-0.4, -0.2) is 22.8 Å². The van der Waals surface area contributed by atoms with Crippen LogP contribution in [0.4, 0.5) is 30.2 Å². The summed E-state index contributed by atoms with van der Waals surface area (Å²) in [5.74, 6) is -0.387. The van der Waals surface area contributed by atoms with Crippen LogP contribution in [0.15, 0.2) is 42.5 Å². The fourth-order valence-corrected chi connectivity index (χ4v) is 4.37. The van der Waals surface area contributed by atoms with E-state index in [0.29, 0.717) is 30.4 Å². The summed E-state index contributed by atoms with van der Waals surface area (Å²) in [4.78, 5) is 30.0. The number of hydrogen-bond donors (Lipinski definition) is 0. The van der Waals surface area contributed by atoms with Crippen LogP contribution in [0.3, 0.4) is 0 Å². The van der Waals surface area contributed by atoms with Crippen molar-refractivity contribution in [3.8, 4) is 0 Å². The Hall–Kier alpha value is -3.25. The molecular weight excluding hydrogens is 415 g/mol. The molecule has 30 heavy (non-hydrogen) atoms. The van der Waals surface area contributed by atoms with Gasteiger partial charge in [0.05, 0.1) is 12.1 Å². The Morgan fingerprint density at radius 1 is 1.10 bits per heavy atom. The minimum Gasteiger partial charge on any atom is -0.303 e. The van der Waals surface area contributed by atoms with Crippen LogP contribution in [-0.2, 0) is 11.0 Å². The quantitative estimate of drug-likeness (QED) is 0.386. The second-order valence-corrected chi connectivity index (χ2v) is 7.53. The van der Waals surface area contributed by atoms with E-state index in [-0.39, 0.29) is 16.7 Å². The molecule has 2 fully saturated rings. The normalized spacial score (nSPS) is 17.8. The van der Waals surface area contributed by atoms with Gasteiger partial charge in [0.15, 0.2) is 10.8 Å². The molecule has 9 heteroatoms. The molecule has 0 aromatic heterocycles. The van der Waals surface area contributed by atoms with Gasteiger partial charge < -0.3 is 4.90 Å². The number of amides is 1. The summed E-state index contributed by atoms with van der Waals surface area (Å²) in [6.07, 6.45) is -2.22. The van der Waals surface area contributed by atoms with Crippen molar-refractivity contribution in [1.29, 1.82) is 0 Å². The van der Waals surface area contributed by atoms with Gasteiger partial charge in [-0.1, -0.05) is 6.07 Å². The van der Waals surface area contributed by atoms with Gasteiger partial charge in [-0.3, -0.25) is 14.5 Å². The summed E-state index contributed by atoms with van der Waals surface area (Å²) in [6, 6.07) is 9.66. The first-order chi connectivity index (χ1) is 14.2. The third-order valence-corrected chi connectivity index (χ3v) is 5.91. The maximum atomic E-state index is 13.4. The van der Waals surface area contributed by atoms with Crippen molar-refractivity contribution in [3.05, 3.63) is 65.0 Å². The van der Waals surface area contributed by atoms with E-state index in [4.69, 9.17) is 18.8 Å². The van der Waals surface area contributed by atoms with Gasteiger partial charge in [0.25, 0.3) is 5.91 Å². The number of hydrogen-bond acceptors (Lipinski definition) is 3. The molecule has 1 spiro atoms. The van der Waals surface area contributed by atoms with E-state index in [1.807, 2.05) is 0 Å². The van der Waals surface area contributed by atoms with E-state index < -0.39 is 23.0 Å². The highest BCUT2D eigenvalue weighted by molar-refractivity contribution is 7.81. The lowest BCUT2D eigenvalue weighted by atomic mass is 9.75. The van der Waals surface area contributed by atoms with E-state index >= 15 is 0 Å². The van der Waals surface area contributed by atoms with Crippen LogP contribution in [0.25, 0.3) is 4.85 Å². The minimum atomic E-state index is -4.74. The third kappa shape index (κ3) is 2.87. The molecule has 1 amide bonds. The average Bonchev–Trinajstić information content (AvgIpc) is 2.93. The Bertz CT molecular complexity index is 1100. The van der Waals surface area contributed by atoms with Crippen LogP contribution in [0, 0.1) is 6.57 Å². The predicted molar refractivity (Wildman–Crippen MR) is 109 cm³/mol. The first-order valence-electron chi connectivity index (χ1n) is 9.05. The fourth-order valence-electron chi connectivity index (χ4n) is 3.90. The second kappa shape index (κ2) is 6.92. The summed E-state index contributed by atoms with van der Waals surface area (Å²) >= 11 is 5.53. The van der Waals surface area contributed by atoms with Crippen molar-refractivity contribution < 1.29 is 22.8 Å². The number of halogens is 3. The molecular formula is C21H14F3N3O2S. The topological polar surface area (TPSA) is 45.0 Å². The largest absolute Gasteiger partial charge is 0.407 e. The van der Waals surface area contributed by atoms with Crippen LogP contribution in [0.2, 0.25) is 0 Å². The molecule has 2 aliphatic rings. The summed E-state index contributed by atoms with van der Waals surface area (Å²) in [6.45, 7) is 6.99. The Labute approximate surface area is 175 Å². The SMILES string of the molecule is [C-]#[N+]c1ccc(N2C(=O)C3(CCC3)N(c3ccc(C=O)cc3)C2=S)cc1C(F)(F)F. The predicted octanol–water partition coefficient (Wildman–Crippen LogP) is 5.13. The lowest BCUT2D eigenvalue weighted by Crippen LogP contribution is -2.55. The highest BCUT2D eigenvalue weighted by Crippen LogP contribution is 2.48. The highest BCUT2D eigenvalue weighted by Gasteiger charge is 2.59. The number of nitrogens with zero attached hydrogens (tertiary/aromatic N) is 3. The molecule has 0 radical (unpaired) electrons. The molecule has 2 aromatic rings. The Morgan fingerprint density at radius 2 is 1.73 bits per heavy atom. The molecule has 5 nitrogen and oxygen atoms in total. The standard InChI is InChI=1S/C21H14F3N3O2S/c1-25-17-8-7-15(11-16(17)21(22,23)24)26-18(29)20(9-2-10-20)27(19(26)30)14-5-3-13(12-28)4-6-14/h3-8,11-12H,2,9-10H2. The van der Waals surface area contributed by atoms with Crippen LogP contribution in [0.1, 0.15) is 35.2 Å². The molecule has 152 valence electrons. The van der Waals surface area contributed by atoms with E-state index in [0.717, 1.165) is 23.5 Å². The van der Waals surface area contributed by atoms with Gasteiger partial charge in [-0.05, 0) is 67.9 Å². The van der Waals surface area contributed by atoms with Gasteiger partial charge in [-0.25, -0.2) is 4.85 Å². The minimum absolute atomic E-state index is 0.0250. The zero-order chi connectivity index (χ0) is 21.7. The zero-order valence-corrected chi connectivity index (χ0v) is 16.3. The molecule has 2 aromatic carbocycles.